The fraction of sp³-hybridized carbons (Fsp3) is 0.778. The Balaban J connectivity index is 1.82. The molecule has 3 heterocycles. The SMILES string of the molecule is NCc1nc(C2CC3CCC2O3)n[nH]1. The second kappa shape index (κ2) is 3.03. The number of H-pyrrole nitrogens is 1. The van der Waals surface area contributed by atoms with Crippen LogP contribution in [0.15, 0.2) is 0 Å². The van der Waals surface area contributed by atoms with Crippen molar-refractivity contribution in [1.29, 1.82) is 0 Å². The lowest BCUT2D eigenvalue weighted by Gasteiger charge is -2.14. The van der Waals surface area contributed by atoms with E-state index in [1.807, 2.05) is 0 Å². The fourth-order valence-corrected chi connectivity index (χ4v) is 2.48. The normalized spacial score (nSPS) is 35.4. The van der Waals surface area contributed by atoms with E-state index in [1.54, 1.807) is 0 Å². The van der Waals surface area contributed by atoms with Crippen molar-refractivity contribution >= 4 is 0 Å². The second-order valence-electron chi connectivity index (χ2n) is 4.06. The lowest BCUT2D eigenvalue weighted by molar-refractivity contribution is 0.0999. The second-order valence-corrected chi connectivity index (χ2v) is 4.06. The first kappa shape index (κ1) is 8.38. The first-order valence-electron chi connectivity index (χ1n) is 5.13. The van der Waals surface area contributed by atoms with Crippen molar-refractivity contribution in [2.24, 2.45) is 5.73 Å². The van der Waals surface area contributed by atoms with Gasteiger partial charge in [0.2, 0.25) is 0 Å². The van der Waals surface area contributed by atoms with E-state index in [0.29, 0.717) is 24.7 Å². The molecule has 3 atom stereocenters. The lowest BCUT2D eigenvalue weighted by Crippen LogP contribution is -2.15. The smallest absolute Gasteiger partial charge is 0.156 e. The van der Waals surface area contributed by atoms with E-state index in [4.69, 9.17) is 10.5 Å². The van der Waals surface area contributed by atoms with E-state index >= 15 is 0 Å². The molecule has 0 aromatic carbocycles. The zero-order valence-electron chi connectivity index (χ0n) is 7.94. The van der Waals surface area contributed by atoms with Crippen molar-refractivity contribution < 1.29 is 4.74 Å². The number of hydrogen-bond acceptors (Lipinski definition) is 4. The van der Waals surface area contributed by atoms with Crippen LogP contribution < -0.4 is 5.73 Å². The summed E-state index contributed by atoms with van der Waals surface area (Å²) in [4.78, 5) is 4.36. The molecule has 2 bridgehead atoms. The van der Waals surface area contributed by atoms with Crippen molar-refractivity contribution in [3.8, 4) is 0 Å². The predicted octanol–water partition coefficient (Wildman–Crippen LogP) is 0.298. The Bertz CT molecular complexity index is 337. The van der Waals surface area contributed by atoms with Crippen LogP contribution in [0.5, 0.6) is 0 Å². The van der Waals surface area contributed by atoms with E-state index < -0.39 is 0 Å². The average Bonchev–Trinajstić information content (AvgIpc) is 2.93. The minimum atomic E-state index is 0.349. The summed E-state index contributed by atoms with van der Waals surface area (Å²) >= 11 is 0. The highest BCUT2D eigenvalue weighted by molar-refractivity contribution is 5.07. The monoisotopic (exact) mass is 194 g/mol. The molecule has 1 aromatic rings. The van der Waals surface area contributed by atoms with Crippen molar-refractivity contribution in [2.75, 3.05) is 0 Å². The molecule has 2 aliphatic heterocycles. The molecule has 5 heteroatoms. The summed E-state index contributed by atoms with van der Waals surface area (Å²) in [6.07, 6.45) is 4.23. The highest BCUT2D eigenvalue weighted by Gasteiger charge is 2.43. The predicted molar refractivity (Wildman–Crippen MR) is 49.5 cm³/mol. The van der Waals surface area contributed by atoms with Gasteiger partial charge in [-0.05, 0) is 19.3 Å². The maximum Gasteiger partial charge on any atom is 0.156 e. The molecule has 3 N–H and O–H groups in total. The summed E-state index contributed by atoms with van der Waals surface area (Å²) in [5, 5.41) is 7.04. The number of hydrogen-bond donors (Lipinski definition) is 2. The molecule has 0 spiro atoms. The summed E-state index contributed by atoms with van der Waals surface area (Å²) in [6, 6.07) is 0. The maximum absolute atomic E-state index is 5.76. The number of rotatable bonds is 2. The van der Waals surface area contributed by atoms with Crippen LogP contribution in [0.25, 0.3) is 0 Å². The van der Waals surface area contributed by atoms with E-state index in [0.717, 1.165) is 24.5 Å². The number of ether oxygens (including phenoxy) is 1. The first-order valence-corrected chi connectivity index (χ1v) is 5.13. The molecular weight excluding hydrogens is 180 g/mol. The summed E-state index contributed by atoms with van der Waals surface area (Å²) in [5.74, 6) is 2.05. The minimum Gasteiger partial charge on any atom is -0.374 e. The Hall–Kier alpha value is -0.940. The van der Waals surface area contributed by atoms with E-state index in [2.05, 4.69) is 15.2 Å². The van der Waals surface area contributed by atoms with Gasteiger partial charge in [-0.1, -0.05) is 0 Å². The molecule has 76 valence electrons. The molecule has 2 saturated heterocycles. The Morgan fingerprint density at radius 2 is 2.43 bits per heavy atom. The number of nitrogens with zero attached hydrogens (tertiary/aromatic N) is 2. The molecule has 2 aliphatic rings. The van der Waals surface area contributed by atoms with Gasteiger partial charge in [-0.3, -0.25) is 5.10 Å². The molecule has 5 nitrogen and oxygen atoms in total. The summed E-state index contributed by atoms with van der Waals surface area (Å²) < 4.78 is 5.76. The van der Waals surface area contributed by atoms with Crippen LogP contribution in [0, 0.1) is 0 Å². The van der Waals surface area contributed by atoms with Crippen LogP contribution >= 0.6 is 0 Å². The number of nitrogens with two attached hydrogens (primary N) is 1. The molecule has 1 aromatic heterocycles. The Morgan fingerprint density at radius 3 is 3.00 bits per heavy atom. The van der Waals surface area contributed by atoms with Gasteiger partial charge in [0.05, 0.1) is 18.8 Å². The van der Waals surface area contributed by atoms with Crippen molar-refractivity contribution in [3.05, 3.63) is 11.6 Å². The fourth-order valence-electron chi connectivity index (χ4n) is 2.48. The van der Waals surface area contributed by atoms with Gasteiger partial charge in [-0.15, -0.1) is 0 Å². The number of fused-ring (bicyclic) bond motifs is 2. The molecule has 0 saturated carbocycles. The summed E-state index contributed by atoms with van der Waals surface area (Å²) in [6.45, 7) is 0.425. The Morgan fingerprint density at radius 1 is 1.50 bits per heavy atom. The molecule has 3 unspecified atom stereocenters. The highest BCUT2D eigenvalue weighted by atomic mass is 16.5. The van der Waals surface area contributed by atoms with Crippen LogP contribution in [0.2, 0.25) is 0 Å². The third-order valence-corrected chi connectivity index (χ3v) is 3.18. The van der Waals surface area contributed by atoms with Crippen LogP contribution in [0.4, 0.5) is 0 Å². The van der Waals surface area contributed by atoms with Gasteiger partial charge in [0.25, 0.3) is 0 Å². The van der Waals surface area contributed by atoms with Gasteiger partial charge in [-0.25, -0.2) is 4.98 Å². The average molecular weight is 194 g/mol. The quantitative estimate of drug-likeness (QED) is 0.709. The lowest BCUT2D eigenvalue weighted by atomic mass is 9.89. The van der Waals surface area contributed by atoms with Crippen LogP contribution in [-0.4, -0.2) is 27.4 Å². The van der Waals surface area contributed by atoms with Crippen molar-refractivity contribution in [2.45, 2.75) is 43.9 Å². The maximum atomic E-state index is 5.76. The highest BCUT2D eigenvalue weighted by Crippen LogP contribution is 2.43. The molecule has 2 fully saturated rings. The van der Waals surface area contributed by atoms with E-state index in [1.165, 1.54) is 6.42 Å². The molecular formula is C9H14N4O. The third kappa shape index (κ3) is 1.16. The van der Waals surface area contributed by atoms with Gasteiger partial charge in [-0.2, -0.15) is 5.10 Å². The minimum absolute atomic E-state index is 0.349. The number of aromatic nitrogens is 3. The van der Waals surface area contributed by atoms with Gasteiger partial charge in [0.1, 0.15) is 5.82 Å². The van der Waals surface area contributed by atoms with Crippen LogP contribution in [0.3, 0.4) is 0 Å². The molecule has 3 rings (SSSR count). The van der Waals surface area contributed by atoms with Gasteiger partial charge in [0, 0.05) is 5.92 Å². The Kier molecular flexibility index (Phi) is 1.81. The zero-order valence-corrected chi connectivity index (χ0v) is 7.94. The van der Waals surface area contributed by atoms with Crippen molar-refractivity contribution in [1.82, 2.24) is 15.2 Å². The molecule has 14 heavy (non-hydrogen) atoms. The van der Waals surface area contributed by atoms with Crippen LogP contribution in [-0.2, 0) is 11.3 Å². The van der Waals surface area contributed by atoms with Gasteiger partial charge < -0.3 is 10.5 Å². The van der Waals surface area contributed by atoms with Gasteiger partial charge >= 0.3 is 0 Å². The number of nitrogens with one attached hydrogen (secondary N) is 1. The summed E-state index contributed by atoms with van der Waals surface area (Å²) in [5.41, 5.74) is 5.47. The molecule has 0 aliphatic carbocycles. The molecule has 0 radical (unpaired) electrons. The summed E-state index contributed by atoms with van der Waals surface area (Å²) in [7, 11) is 0. The van der Waals surface area contributed by atoms with Crippen molar-refractivity contribution in [3.63, 3.8) is 0 Å². The van der Waals surface area contributed by atoms with Gasteiger partial charge in [0.15, 0.2) is 5.82 Å². The first-order chi connectivity index (χ1) is 6.86. The van der Waals surface area contributed by atoms with E-state index in [-0.39, 0.29) is 0 Å². The van der Waals surface area contributed by atoms with E-state index in [9.17, 15) is 0 Å². The van der Waals surface area contributed by atoms with Crippen LogP contribution in [0.1, 0.15) is 36.8 Å². The zero-order chi connectivity index (χ0) is 9.54. The topological polar surface area (TPSA) is 76.8 Å². The standard InChI is InChI=1S/C9H14N4O/c10-4-8-11-9(13-12-8)6-3-5-1-2-7(6)14-5/h5-7H,1-4,10H2,(H,11,12,13). The third-order valence-electron chi connectivity index (χ3n) is 3.18. The number of aromatic amines is 1. The largest absolute Gasteiger partial charge is 0.374 e. The Labute approximate surface area is 82.0 Å². The molecule has 0 amide bonds.